The molecule has 2 rings (SSSR count). The van der Waals surface area contributed by atoms with Crippen LogP contribution in [-0.2, 0) is 6.54 Å². The van der Waals surface area contributed by atoms with Gasteiger partial charge < -0.3 is 21.3 Å². The maximum atomic E-state index is 11.8. The van der Waals surface area contributed by atoms with Crippen molar-refractivity contribution in [3.05, 3.63) is 35.5 Å². The first-order valence-electron chi connectivity index (χ1n) is 5.15. The van der Waals surface area contributed by atoms with Crippen molar-refractivity contribution < 1.29 is 15.0 Å². The third kappa shape index (κ3) is 2.51. The first-order valence-corrected chi connectivity index (χ1v) is 5.15. The first-order chi connectivity index (χ1) is 8.56. The summed E-state index contributed by atoms with van der Waals surface area (Å²) in [6.07, 6.45) is 1.51. The van der Waals surface area contributed by atoms with Gasteiger partial charge in [-0.15, -0.1) is 0 Å². The van der Waals surface area contributed by atoms with Crippen LogP contribution in [0.5, 0.6) is 11.5 Å². The lowest BCUT2D eigenvalue weighted by atomic mass is 10.2. The Hall–Kier alpha value is -2.70. The molecule has 0 spiro atoms. The Morgan fingerprint density at radius 2 is 2.00 bits per heavy atom. The number of carbonyl (C=O) groups excluding carboxylic acids is 1. The second-order valence-electron chi connectivity index (χ2n) is 3.73. The van der Waals surface area contributed by atoms with Gasteiger partial charge in [0.1, 0.15) is 17.3 Å². The summed E-state index contributed by atoms with van der Waals surface area (Å²) in [6.45, 7) is 0.206. The Kier molecular flexibility index (Phi) is 3.05. The summed E-state index contributed by atoms with van der Waals surface area (Å²) < 4.78 is 0. The molecule has 1 amide bonds. The molecule has 0 bridgehead atoms. The van der Waals surface area contributed by atoms with E-state index in [1.807, 2.05) is 0 Å². The van der Waals surface area contributed by atoms with Gasteiger partial charge in [-0.25, -0.2) is 0 Å². The molecule has 7 heteroatoms. The van der Waals surface area contributed by atoms with E-state index in [9.17, 15) is 15.0 Å². The van der Waals surface area contributed by atoms with E-state index in [2.05, 4.69) is 15.5 Å². The van der Waals surface area contributed by atoms with Gasteiger partial charge in [0.05, 0.1) is 6.20 Å². The zero-order chi connectivity index (χ0) is 13.1. The van der Waals surface area contributed by atoms with Crippen LogP contribution in [0.4, 0.5) is 5.82 Å². The molecule has 0 aliphatic carbocycles. The van der Waals surface area contributed by atoms with Crippen molar-refractivity contribution in [3.8, 4) is 11.5 Å². The van der Waals surface area contributed by atoms with Gasteiger partial charge in [-0.3, -0.25) is 9.89 Å². The number of carbonyl (C=O) groups is 1. The minimum absolute atomic E-state index is 0.162. The molecule has 7 nitrogen and oxygen atoms in total. The van der Waals surface area contributed by atoms with Crippen molar-refractivity contribution in [1.82, 2.24) is 15.5 Å². The van der Waals surface area contributed by atoms with Crippen LogP contribution in [0, 0.1) is 0 Å². The molecule has 0 atom stereocenters. The molecular weight excluding hydrogens is 236 g/mol. The number of H-pyrrole nitrogens is 1. The predicted molar refractivity (Wildman–Crippen MR) is 63.9 cm³/mol. The second kappa shape index (κ2) is 4.66. The smallest absolute Gasteiger partial charge is 0.251 e. The summed E-state index contributed by atoms with van der Waals surface area (Å²) in [5.41, 5.74) is 6.39. The number of nitrogens with one attached hydrogen (secondary N) is 2. The van der Waals surface area contributed by atoms with Gasteiger partial charge in [-0.1, -0.05) is 0 Å². The minimum atomic E-state index is -0.429. The van der Waals surface area contributed by atoms with E-state index in [0.29, 0.717) is 11.4 Å². The number of benzene rings is 1. The number of aromatic hydroxyl groups is 2. The highest BCUT2D eigenvalue weighted by Crippen LogP contribution is 2.20. The summed E-state index contributed by atoms with van der Waals surface area (Å²) in [6, 6.07) is 3.66. The fourth-order valence-electron chi connectivity index (χ4n) is 1.47. The molecule has 1 aromatic carbocycles. The molecule has 0 radical (unpaired) electrons. The van der Waals surface area contributed by atoms with Crippen molar-refractivity contribution in [3.63, 3.8) is 0 Å². The van der Waals surface area contributed by atoms with Gasteiger partial charge >= 0.3 is 0 Å². The SMILES string of the molecule is Nc1[nH]ncc1CNC(=O)c1cc(O)cc(O)c1. The number of amides is 1. The predicted octanol–water partition coefficient (Wildman–Crippen LogP) is 0.333. The third-order valence-electron chi connectivity index (χ3n) is 2.36. The van der Waals surface area contributed by atoms with Gasteiger partial charge in [0.15, 0.2) is 0 Å². The average Bonchev–Trinajstić information content (AvgIpc) is 2.70. The summed E-state index contributed by atoms with van der Waals surface area (Å²) in [5, 5.41) is 27.4. The molecule has 18 heavy (non-hydrogen) atoms. The number of hydrogen-bond donors (Lipinski definition) is 5. The highest BCUT2D eigenvalue weighted by atomic mass is 16.3. The number of aromatic amines is 1. The molecule has 2 aromatic rings. The van der Waals surface area contributed by atoms with Crippen molar-refractivity contribution in [2.24, 2.45) is 0 Å². The van der Waals surface area contributed by atoms with Gasteiger partial charge in [0, 0.05) is 23.7 Å². The molecular formula is C11H12N4O3. The summed E-state index contributed by atoms with van der Waals surface area (Å²) in [5.74, 6) is -0.401. The van der Waals surface area contributed by atoms with E-state index in [1.54, 1.807) is 0 Å². The van der Waals surface area contributed by atoms with Crippen LogP contribution in [0.3, 0.4) is 0 Å². The Morgan fingerprint density at radius 3 is 2.56 bits per heavy atom. The number of aromatic nitrogens is 2. The molecule has 0 saturated heterocycles. The Morgan fingerprint density at radius 1 is 1.33 bits per heavy atom. The van der Waals surface area contributed by atoms with E-state index >= 15 is 0 Å². The molecule has 1 heterocycles. The number of phenols is 2. The molecule has 6 N–H and O–H groups in total. The zero-order valence-corrected chi connectivity index (χ0v) is 9.34. The van der Waals surface area contributed by atoms with Crippen LogP contribution >= 0.6 is 0 Å². The lowest BCUT2D eigenvalue weighted by molar-refractivity contribution is 0.0950. The van der Waals surface area contributed by atoms with Gasteiger partial charge in [0.2, 0.25) is 0 Å². The summed E-state index contributed by atoms with van der Waals surface area (Å²) in [4.78, 5) is 11.8. The zero-order valence-electron chi connectivity index (χ0n) is 9.34. The lowest BCUT2D eigenvalue weighted by Gasteiger charge is -2.05. The van der Waals surface area contributed by atoms with Crippen molar-refractivity contribution in [2.45, 2.75) is 6.54 Å². The monoisotopic (exact) mass is 248 g/mol. The molecule has 0 aliphatic rings. The van der Waals surface area contributed by atoms with E-state index in [1.165, 1.54) is 18.3 Å². The normalized spacial score (nSPS) is 10.2. The first kappa shape index (κ1) is 11.8. The molecule has 0 saturated carbocycles. The highest BCUT2D eigenvalue weighted by Gasteiger charge is 2.09. The Bertz CT molecular complexity index is 559. The molecule has 94 valence electrons. The largest absolute Gasteiger partial charge is 0.508 e. The van der Waals surface area contributed by atoms with Crippen LogP contribution in [0.2, 0.25) is 0 Å². The Labute approximate surface area is 102 Å². The number of anilines is 1. The quantitative estimate of drug-likeness (QED) is 0.535. The fourth-order valence-corrected chi connectivity index (χ4v) is 1.47. The van der Waals surface area contributed by atoms with E-state index < -0.39 is 5.91 Å². The molecule has 0 unspecified atom stereocenters. The van der Waals surface area contributed by atoms with E-state index in [-0.39, 0.29) is 23.6 Å². The van der Waals surface area contributed by atoms with Gasteiger partial charge in [0.25, 0.3) is 5.91 Å². The van der Waals surface area contributed by atoms with Gasteiger partial charge in [-0.2, -0.15) is 5.10 Å². The number of phenolic OH excluding ortho intramolecular Hbond substituents is 2. The van der Waals surface area contributed by atoms with Crippen LogP contribution in [0.1, 0.15) is 15.9 Å². The number of nitrogens with zero attached hydrogens (tertiary/aromatic N) is 1. The maximum Gasteiger partial charge on any atom is 0.251 e. The standard InChI is InChI=1S/C11H12N4O3/c12-10-7(5-14-15-10)4-13-11(18)6-1-8(16)3-9(17)2-6/h1-3,5,16-17H,4H2,(H,13,18)(H3,12,14,15). The van der Waals surface area contributed by atoms with Crippen LogP contribution in [0.25, 0.3) is 0 Å². The number of hydrogen-bond acceptors (Lipinski definition) is 5. The molecule has 0 aliphatic heterocycles. The number of nitrogen functional groups attached to an aromatic ring is 1. The average molecular weight is 248 g/mol. The van der Waals surface area contributed by atoms with E-state index in [4.69, 9.17) is 5.73 Å². The van der Waals surface area contributed by atoms with Crippen molar-refractivity contribution >= 4 is 11.7 Å². The van der Waals surface area contributed by atoms with Crippen molar-refractivity contribution in [1.29, 1.82) is 0 Å². The topological polar surface area (TPSA) is 124 Å². The fraction of sp³-hybridized carbons (Fsp3) is 0.0909. The number of rotatable bonds is 3. The van der Waals surface area contributed by atoms with Crippen LogP contribution in [0.15, 0.2) is 24.4 Å². The molecule has 1 aromatic heterocycles. The summed E-state index contributed by atoms with van der Waals surface area (Å²) >= 11 is 0. The van der Waals surface area contributed by atoms with Crippen molar-refractivity contribution in [2.75, 3.05) is 5.73 Å². The van der Waals surface area contributed by atoms with E-state index in [0.717, 1.165) is 6.07 Å². The summed E-state index contributed by atoms with van der Waals surface area (Å²) in [7, 11) is 0. The van der Waals surface area contributed by atoms with Gasteiger partial charge in [-0.05, 0) is 12.1 Å². The number of nitrogens with two attached hydrogens (primary N) is 1. The second-order valence-corrected chi connectivity index (χ2v) is 3.73. The third-order valence-corrected chi connectivity index (χ3v) is 2.36. The van der Waals surface area contributed by atoms with Crippen LogP contribution < -0.4 is 11.1 Å². The Balaban J connectivity index is 2.06. The maximum absolute atomic E-state index is 11.8. The molecule has 0 fully saturated rings. The van der Waals surface area contributed by atoms with Crippen LogP contribution in [-0.4, -0.2) is 26.3 Å². The minimum Gasteiger partial charge on any atom is -0.508 e. The lowest BCUT2D eigenvalue weighted by Crippen LogP contribution is -2.22. The highest BCUT2D eigenvalue weighted by molar-refractivity contribution is 5.95.